The van der Waals surface area contributed by atoms with Gasteiger partial charge in [0.15, 0.2) is 0 Å². The molecule has 0 aliphatic carbocycles. The molecule has 44 valence electrons. The van der Waals surface area contributed by atoms with E-state index >= 15 is 0 Å². The molecule has 3 heteroatoms. The average molecular weight is 131 g/mol. The van der Waals surface area contributed by atoms with Gasteiger partial charge in [0, 0.05) is 12.4 Å². The molecule has 0 aromatic heterocycles. The Morgan fingerprint density at radius 3 is 2.75 bits per heavy atom. The van der Waals surface area contributed by atoms with E-state index in [2.05, 4.69) is 10.3 Å². The lowest BCUT2D eigenvalue weighted by atomic mass is 10.5. The summed E-state index contributed by atoms with van der Waals surface area (Å²) in [5.41, 5.74) is 0. The fourth-order valence-corrected chi connectivity index (χ4v) is 0.583. The van der Waals surface area contributed by atoms with Gasteiger partial charge in [-0.05, 0) is 13.0 Å². The number of hydrogen-bond acceptors (Lipinski definition) is 2. The van der Waals surface area contributed by atoms with Gasteiger partial charge in [0.2, 0.25) is 5.12 Å². The van der Waals surface area contributed by atoms with Crippen molar-refractivity contribution in [2.45, 2.75) is 12.0 Å². The molecular formula is C5H7ClN2. The van der Waals surface area contributed by atoms with Gasteiger partial charge in [0.1, 0.15) is 0 Å². The third-order valence-corrected chi connectivity index (χ3v) is 1.05. The number of rotatable bonds is 0. The largest absolute Gasteiger partial charge is 0.355 e. The number of hydrogen-bond donors (Lipinski definition) is 1. The second kappa shape index (κ2) is 1.78. The van der Waals surface area contributed by atoms with Gasteiger partial charge in [-0.25, -0.2) is 0 Å². The van der Waals surface area contributed by atoms with Crippen LogP contribution in [0.25, 0.3) is 0 Å². The molecule has 0 radical (unpaired) electrons. The second-order valence-corrected chi connectivity index (χ2v) is 2.47. The highest BCUT2D eigenvalue weighted by Crippen LogP contribution is 2.12. The normalized spacial score (nSPS) is 34.8. The predicted octanol–water partition coefficient (Wildman–Crippen LogP) is 1.09. The van der Waals surface area contributed by atoms with E-state index in [9.17, 15) is 0 Å². The summed E-state index contributed by atoms with van der Waals surface area (Å²) in [4.78, 5) is 3.90. The first kappa shape index (κ1) is 5.63. The number of nitrogens with one attached hydrogen (secondary N) is 1. The summed E-state index contributed by atoms with van der Waals surface area (Å²) in [5.74, 6) is 0. The maximum Gasteiger partial charge on any atom is 0.202 e. The van der Waals surface area contributed by atoms with Crippen molar-refractivity contribution in [3.05, 3.63) is 12.3 Å². The summed E-state index contributed by atoms with van der Waals surface area (Å²) in [7, 11) is 0. The van der Waals surface area contributed by atoms with Crippen molar-refractivity contribution in [1.82, 2.24) is 5.32 Å². The maximum atomic E-state index is 5.71. The Kier molecular flexibility index (Phi) is 1.26. The van der Waals surface area contributed by atoms with Crippen molar-refractivity contribution in [1.29, 1.82) is 0 Å². The number of nitrogens with zero attached hydrogens (tertiary/aromatic N) is 1. The molecule has 0 aromatic carbocycles. The molecule has 0 amide bonds. The Labute approximate surface area is 53.3 Å². The van der Waals surface area contributed by atoms with Gasteiger partial charge in [0.05, 0.1) is 0 Å². The summed E-state index contributed by atoms with van der Waals surface area (Å²) in [6.07, 6.45) is 5.23. The van der Waals surface area contributed by atoms with Crippen LogP contribution in [0, 0.1) is 0 Å². The third kappa shape index (κ3) is 1.23. The first-order chi connectivity index (χ1) is 3.71. The Morgan fingerprint density at radius 2 is 2.50 bits per heavy atom. The van der Waals surface area contributed by atoms with Crippen molar-refractivity contribution >= 4 is 17.8 Å². The topological polar surface area (TPSA) is 24.4 Å². The van der Waals surface area contributed by atoms with Crippen molar-refractivity contribution in [2.75, 3.05) is 0 Å². The Morgan fingerprint density at radius 1 is 1.75 bits per heavy atom. The van der Waals surface area contributed by atoms with Crippen molar-refractivity contribution < 1.29 is 0 Å². The van der Waals surface area contributed by atoms with Gasteiger partial charge in [-0.1, -0.05) is 11.6 Å². The third-order valence-electron chi connectivity index (χ3n) is 0.846. The zero-order valence-corrected chi connectivity index (χ0v) is 5.31. The van der Waals surface area contributed by atoms with Crippen LogP contribution in [-0.4, -0.2) is 11.3 Å². The molecular weight excluding hydrogens is 124 g/mol. The molecule has 2 nitrogen and oxygen atoms in total. The molecule has 0 spiro atoms. The SMILES string of the molecule is CC1(Cl)N=CC=CN1. The fraction of sp³-hybridized carbons (Fsp3) is 0.400. The van der Waals surface area contributed by atoms with E-state index < -0.39 is 5.12 Å². The lowest BCUT2D eigenvalue weighted by Crippen LogP contribution is -2.31. The lowest BCUT2D eigenvalue weighted by Gasteiger charge is -2.18. The number of alkyl halides is 1. The molecule has 0 bridgehead atoms. The zero-order chi connectivity index (χ0) is 6.04. The standard InChI is InChI=1S/C5H7ClN2/c1-5(6)7-3-2-4-8-5/h2-4,7H,1H3. The summed E-state index contributed by atoms with van der Waals surface area (Å²) in [6.45, 7) is 1.79. The van der Waals surface area contributed by atoms with Crippen LogP contribution in [0.15, 0.2) is 17.3 Å². The fourth-order valence-electron chi connectivity index (χ4n) is 0.464. The van der Waals surface area contributed by atoms with Crippen LogP contribution in [-0.2, 0) is 0 Å². The molecule has 1 N–H and O–H groups in total. The van der Waals surface area contributed by atoms with Crippen LogP contribution in [0.3, 0.4) is 0 Å². The van der Waals surface area contributed by atoms with Crippen molar-refractivity contribution in [3.63, 3.8) is 0 Å². The van der Waals surface area contributed by atoms with Crippen LogP contribution in [0.2, 0.25) is 0 Å². The first-order valence-corrected chi connectivity index (χ1v) is 2.75. The molecule has 1 aliphatic heterocycles. The first-order valence-electron chi connectivity index (χ1n) is 2.38. The van der Waals surface area contributed by atoms with Gasteiger partial charge in [0.25, 0.3) is 0 Å². The minimum absolute atomic E-state index is 0.616. The van der Waals surface area contributed by atoms with Gasteiger partial charge in [-0.15, -0.1) is 0 Å². The minimum Gasteiger partial charge on any atom is -0.355 e. The number of allylic oxidation sites excluding steroid dienone is 1. The van der Waals surface area contributed by atoms with Gasteiger partial charge >= 0.3 is 0 Å². The van der Waals surface area contributed by atoms with Crippen LogP contribution >= 0.6 is 11.6 Å². The van der Waals surface area contributed by atoms with Gasteiger partial charge in [-0.2, -0.15) is 0 Å². The van der Waals surface area contributed by atoms with E-state index in [0.29, 0.717) is 0 Å². The number of aliphatic imine (C=N–C) groups is 1. The highest BCUT2D eigenvalue weighted by Gasteiger charge is 2.15. The molecule has 1 aliphatic rings. The molecule has 1 rings (SSSR count). The van der Waals surface area contributed by atoms with Crippen molar-refractivity contribution in [3.8, 4) is 0 Å². The highest BCUT2D eigenvalue weighted by molar-refractivity contribution is 6.23. The molecule has 0 aromatic rings. The van der Waals surface area contributed by atoms with E-state index in [1.165, 1.54) is 0 Å². The minimum atomic E-state index is -0.616. The molecule has 1 unspecified atom stereocenters. The zero-order valence-electron chi connectivity index (χ0n) is 4.56. The van der Waals surface area contributed by atoms with E-state index in [-0.39, 0.29) is 0 Å². The smallest absolute Gasteiger partial charge is 0.202 e. The second-order valence-electron chi connectivity index (χ2n) is 1.74. The molecule has 8 heavy (non-hydrogen) atoms. The van der Waals surface area contributed by atoms with Gasteiger partial charge < -0.3 is 5.32 Å². The summed E-state index contributed by atoms with van der Waals surface area (Å²) in [5, 5.41) is 2.23. The van der Waals surface area contributed by atoms with E-state index in [1.807, 2.05) is 0 Å². The quantitative estimate of drug-likeness (QED) is 0.385. The van der Waals surface area contributed by atoms with Crippen LogP contribution in [0.5, 0.6) is 0 Å². The maximum absolute atomic E-state index is 5.71. The number of halogens is 1. The predicted molar refractivity (Wildman–Crippen MR) is 35.0 cm³/mol. The van der Waals surface area contributed by atoms with Crippen LogP contribution in [0.1, 0.15) is 6.92 Å². The summed E-state index contributed by atoms with van der Waals surface area (Å²) >= 11 is 5.71. The highest BCUT2D eigenvalue weighted by atomic mass is 35.5. The Hall–Kier alpha value is -0.500. The van der Waals surface area contributed by atoms with Gasteiger partial charge in [-0.3, -0.25) is 4.99 Å². The van der Waals surface area contributed by atoms with Crippen molar-refractivity contribution in [2.24, 2.45) is 4.99 Å². The lowest BCUT2D eigenvalue weighted by molar-refractivity contribution is 0.595. The van der Waals surface area contributed by atoms with E-state index in [0.717, 1.165) is 0 Å². The molecule has 1 heterocycles. The molecule has 0 saturated heterocycles. The molecule has 1 atom stereocenters. The average Bonchev–Trinajstić information content (AvgIpc) is 1.65. The van der Waals surface area contributed by atoms with E-state index in [1.54, 1.807) is 25.4 Å². The summed E-state index contributed by atoms with van der Waals surface area (Å²) < 4.78 is 0. The Bertz CT molecular complexity index is 137. The monoisotopic (exact) mass is 130 g/mol. The van der Waals surface area contributed by atoms with E-state index in [4.69, 9.17) is 11.6 Å². The van der Waals surface area contributed by atoms with Crippen LogP contribution in [0.4, 0.5) is 0 Å². The molecule has 0 fully saturated rings. The molecule has 0 saturated carbocycles. The summed E-state index contributed by atoms with van der Waals surface area (Å²) in [6, 6.07) is 0. The van der Waals surface area contributed by atoms with Crippen LogP contribution < -0.4 is 5.32 Å². The Balaban J connectivity index is 2.65.